The van der Waals surface area contributed by atoms with Crippen LogP contribution in [0.25, 0.3) is 55.0 Å². The molecule has 316 valence electrons. The predicted octanol–water partition coefficient (Wildman–Crippen LogP) is 10.8. The standard InChI is InChI=1S/C24H20FN5O.C23H17ClFN5O.CH4/c1-2-18(29-23-22-19(11-12-26-23)27-14-28-22)20-13-15-7-6-10-17(25)21(15)24(31)30(20)16-8-4-3-5-9-16;1-13(29-22-21-17(9-10-26-22)27-12-28-21)18-11-14-7-8-16(25)20(24)19(14)23(31)30(18)15-5-3-2-4-6-15;/h3-14,18H,2H2,1H3,(H,26,29)(H,27,28);2-13H,1H3,(H,26,29)(H,27,28);1H4. The fraction of sp³-hybridized carbons (Fsp3) is 0.125. The number of pyridine rings is 4. The maximum absolute atomic E-state index is 14.6. The Morgan fingerprint density at radius 2 is 1.17 bits per heavy atom. The van der Waals surface area contributed by atoms with Crippen molar-refractivity contribution in [1.29, 1.82) is 0 Å². The van der Waals surface area contributed by atoms with Crippen molar-refractivity contribution in [3.8, 4) is 11.4 Å². The van der Waals surface area contributed by atoms with Crippen molar-refractivity contribution in [2.75, 3.05) is 10.6 Å². The van der Waals surface area contributed by atoms with Crippen LogP contribution in [0.4, 0.5) is 20.4 Å². The third-order valence-corrected chi connectivity index (χ3v) is 11.1. The molecule has 6 aromatic heterocycles. The number of rotatable bonds is 9. The summed E-state index contributed by atoms with van der Waals surface area (Å²) < 4.78 is 31.8. The van der Waals surface area contributed by atoms with E-state index in [0.29, 0.717) is 51.4 Å². The van der Waals surface area contributed by atoms with E-state index < -0.39 is 11.6 Å². The van der Waals surface area contributed by atoms with Gasteiger partial charge in [0.15, 0.2) is 11.6 Å². The van der Waals surface area contributed by atoms with Gasteiger partial charge in [-0.3, -0.25) is 18.7 Å². The van der Waals surface area contributed by atoms with Gasteiger partial charge >= 0.3 is 0 Å². The van der Waals surface area contributed by atoms with Gasteiger partial charge in [-0.15, -0.1) is 0 Å². The number of halogens is 3. The number of H-pyrrole nitrogens is 2. The van der Waals surface area contributed by atoms with Crippen molar-refractivity contribution in [2.45, 2.75) is 39.8 Å². The average Bonchev–Trinajstić information content (AvgIpc) is 3.99. The molecule has 0 bridgehead atoms. The molecule has 0 aliphatic rings. The lowest BCUT2D eigenvalue weighted by atomic mass is 10.0. The van der Waals surface area contributed by atoms with E-state index in [2.05, 4.69) is 40.5 Å². The number of nitrogens with zero attached hydrogens (tertiary/aromatic N) is 6. The Morgan fingerprint density at radius 3 is 1.78 bits per heavy atom. The number of aromatic amines is 2. The minimum absolute atomic E-state index is 0. The Hall–Kier alpha value is -7.71. The van der Waals surface area contributed by atoms with Crippen LogP contribution < -0.4 is 21.8 Å². The van der Waals surface area contributed by atoms with E-state index in [-0.39, 0.29) is 46.4 Å². The Balaban J connectivity index is 0.000000170. The molecule has 0 spiro atoms. The molecule has 0 amide bonds. The van der Waals surface area contributed by atoms with Gasteiger partial charge in [0.25, 0.3) is 11.1 Å². The molecule has 2 unspecified atom stereocenters. The van der Waals surface area contributed by atoms with Crippen LogP contribution in [0.3, 0.4) is 0 Å². The summed E-state index contributed by atoms with van der Waals surface area (Å²) in [4.78, 5) is 50.7. The van der Waals surface area contributed by atoms with Gasteiger partial charge in [0, 0.05) is 35.2 Å². The summed E-state index contributed by atoms with van der Waals surface area (Å²) in [6.07, 6.45) is 7.29. The molecule has 4 aromatic carbocycles. The molecule has 2 atom stereocenters. The van der Waals surface area contributed by atoms with Crippen LogP contribution in [0.2, 0.25) is 5.02 Å². The lowest BCUT2D eigenvalue weighted by molar-refractivity contribution is 0.629. The molecule has 6 heterocycles. The number of hydrogen-bond donors (Lipinski definition) is 4. The average molecular weight is 863 g/mol. The fourth-order valence-corrected chi connectivity index (χ4v) is 7.99. The number of fused-ring (bicyclic) bond motifs is 4. The zero-order valence-corrected chi connectivity index (χ0v) is 34.0. The second-order valence-electron chi connectivity index (χ2n) is 14.5. The summed E-state index contributed by atoms with van der Waals surface area (Å²) in [7, 11) is 0. The van der Waals surface area contributed by atoms with Gasteiger partial charge in [-0.25, -0.2) is 28.7 Å². The second kappa shape index (κ2) is 17.7. The normalized spacial score (nSPS) is 12.1. The van der Waals surface area contributed by atoms with E-state index in [4.69, 9.17) is 11.6 Å². The van der Waals surface area contributed by atoms with Gasteiger partial charge in [0.1, 0.15) is 22.7 Å². The van der Waals surface area contributed by atoms with Crippen molar-refractivity contribution in [2.24, 2.45) is 0 Å². The van der Waals surface area contributed by atoms with Gasteiger partial charge in [-0.1, -0.05) is 80.5 Å². The number of nitrogens with one attached hydrogen (secondary N) is 4. The highest BCUT2D eigenvalue weighted by atomic mass is 35.5. The summed E-state index contributed by atoms with van der Waals surface area (Å²) in [5.74, 6) is 0.0643. The van der Waals surface area contributed by atoms with Gasteiger partial charge in [-0.05, 0) is 84.8 Å². The van der Waals surface area contributed by atoms with Crippen LogP contribution in [-0.2, 0) is 0 Å². The Morgan fingerprint density at radius 1 is 0.635 bits per heavy atom. The maximum atomic E-state index is 14.6. The SMILES string of the molecule is C.CC(Nc1nccc2[nH]cnc12)c1cc2ccc(F)c(Cl)c2c(=O)n1-c1ccccc1.CCC(Nc1nccc2[nH]cnc12)c1cc2cccc(F)c2c(=O)n1-c1ccccc1. The van der Waals surface area contributed by atoms with Crippen LogP contribution in [-0.4, -0.2) is 39.0 Å². The highest BCUT2D eigenvalue weighted by Gasteiger charge is 2.23. The summed E-state index contributed by atoms with van der Waals surface area (Å²) in [5.41, 5.74) is 5.12. The number of benzene rings is 4. The fourth-order valence-electron chi connectivity index (χ4n) is 7.73. The van der Waals surface area contributed by atoms with Crippen LogP contribution in [0.1, 0.15) is 51.2 Å². The van der Waals surface area contributed by atoms with E-state index >= 15 is 0 Å². The molecule has 15 heteroatoms. The first-order valence-corrected chi connectivity index (χ1v) is 20.2. The molecule has 0 radical (unpaired) electrons. The summed E-state index contributed by atoms with van der Waals surface area (Å²) in [6.45, 7) is 3.95. The van der Waals surface area contributed by atoms with Crippen molar-refractivity contribution in [3.63, 3.8) is 0 Å². The smallest absolute Gasteiger partial charge is 0.266 e. The van der Waals surface area contributed by atoms with Crippen LogP contribution in [0.5, 0.6) is 0 Å². The van der Waals surface area contributed by atoms with E-state index in [1.165, 1.54) is 12.1 Å². The first kappa shape index (κ1) is 42.0. The Bertz CT molecular complexity index is 3330. The van der Waals surface area contributed by atoms with Crippen molar-refractivity contribution in [3.05, 3.63) is 189 Å². The quantitative estimate of drug-likeness (QED) is 0.112. The third-order valence-electron chi connectivity index (χ3n) is 10.7. The van der Waals surface area contributed by atoms with Crippen LogP contribution in [0, 0.1) is 11.6 Å². The molecule has 63 heavy (non-hydrogen) atoms. The van der Waals surface area contributed by atoms with Crippen molar-refractivity contribution < 1.29 is 8.78 Å². The minimum atomic E-state index is -0.626. The zero-order valence-electron chi connectivity index (χ0n) is 33.3. The summed E-state index contributed by atoms with van der Waals surface area (Å²) in [6, 6.07) is 32.8. The van der Waals surface area contributed by atoms with E-state index in [1.54, 1.807) is 52.4 Å². The van der Waals surface area contributed by atoms with Gasteiger partial charge < -0.3 is 20.6 Å². The third kappa shape index (κ3) is 7.88. The summed E-state index contributed by atoms with van der Waals surface area (Å²) >= 11 is 6.18. The number of hydrogen-bond acceptors (Lipinski definition) is 8. The number of aromatic nitrogens is 8. The van der Waals surface area contributed by atoms with E-state index in [0.717, 1.165) is 22.2 Å². The molecule has 10 rings (SSSR count). The Labute approximate surface area is 364 Å². The van der Waals surface area contributed by atoms with E-state index in [9.17, 15) is 18.4 Å². The van der Waals surface area contributed by atoms with Crippen molar-refractivity contribution in [1.82, 2.24) is 39.0 Å². The first-order valence-electron chi connectivity index (χ1n) is 19.8. The zero-order chi connectivity index (χ0) is 42.9. The number of anilines is 2. The minimum Gasteiger partial charge on any atom is -0.360 e. The lowest BCUT2D eigenvalue weighted by Crippen LogP contribution is -2.27. The maximum Gasteiger partial charge on any atom is 0.266 e. The van der Waals surface area contributed by atoms with Crippen molar-refractivity contribution >= 4 is 66.8 Å². The molecule has 0 saturated heterocycles. The Kier molecular flexibility index (Phi) is 11.8. The van der Waals surface area contributed by atoms with Gasteiger partial charge in [0.05, 0.1) is 51.6 Å². The number of para-hydroxylation sites is 2. The monoisotopic (exact) mass is 862 g/mol. The highest BCUT2D eigenvalue weighted by molar-refractivity contribution is 6.35. The molecule has 0 aliphatic heterocycles. The molecular formula is C48H41ClF2N10O2. The molecule has 10 aromatic rings. The van der Waals surface area contributed by atoms with Crippen LogP contribution in [0.15, 0.2) is 150 Å². The van der Waals surface area contributed by atoms with E-state index in [1.807, 2.05) is 98.8 Å². The predicted molar refractivity (Wildman–Crippen MR) is 247 cm³/mol. The molecular weight excluding hydrogens is 822 g/mol. The molecule has 0 aliphatic carbocycles. The number of imidazole rings is 2. The topological polar surface area (TPSA) is 151 Å². The molecule has 12 nitrogen and oxygen atoms in total. The first-order chi connectivity index (χ1) is 30.2. The molecule has 0 fully saturated rings. The molecule has 0 saturated carbocycles. The highest BCUT2D eigenvalue weighted by Crippen LogP contribution is 2.31. The largest absolute Gasteiger partial charge is 0.360 e. The lowest BCUT2D eigenvalue weighted by Gasteiger charge is -2.23. The van der Waals surface area contributed by atoms with Crippen LogP contribution >= 0.6 is 11.6 Å². The van der Waals surface area contributed by atoms with Gasteiger partial charge in [0.2, 0.25) is 0 Å². The second-order valence-corrected chi connectivity index (χ2v) is 14.9. The molecule has 4 N–H and O–H groups in total. The summed E-state index contributed by atoms with van der Waals surface area (Å²) in [5, 5.41) is 7.98. The van der Waals surface area contributed by atoms with Gasteiger partial charge in [-0.2, -0.15) is 0 Å².